The van der Waals surface area contributed by atoms with Gasteiger partial charge in [-0.3, -0.25) is 4.79 Å². The van der Waals surface area contributed by atoms with Crippen molar-refractivity contribution in [1.82, 2.24) is 10.6 Å². The number of benzene rings is 1. The molecule has 0 saturated heterocycles. The quantitative estimate of drug-likeness (QED) is 0.618. The Balaban J connectivity index is 2.23. The normalized spacial score (nSPS) is 22.4. The summed E-state index contributed by atoms with van der Waals surface area (Å²) in [6.07, 6.45) is 3.19. The Morgan fingerprint density at radius 2 is 1.89 bits per heavy atom. The molecule has 6 nitrogen and oxygen atoms in total. The van der Waals surface area contributed by atoms with Crippen molar-refractivity contribution >= 4 is 11.9 Å². The van der Waals surface area contributed by atoms with Gasteiger partial charge in [-0.25, -0.2) is 4.79 Å². The van der Waals surface area contributed by atoms with E-state index in [4.69, 9.17) is 4.74 Å². The van der Waals surface area contributed by atoms with Crippen molar-refractivity contribution in [1.29, 1.82) is 0 Å². The van der Waals surface area contributed by atoms with E-state index >= 15 is 0 Å². The minimum Gasteiger partial charge on any atom is -0.478 e. The summed E-state index contributed by atoms with van der Waals surface area (Å²) in [4.78, 5) is 23.4. The maximum atomic E-state index is 11.8. The van der Waals surface area contributed by atoms with Crippen LogP contribution in [0, 0.1) is 0 Å². The molecule has 3 atom stereocenters. The van der Waals surface area contributed by atoms with Crippen LogP contribution in [-0.4, -0.2) is 41.3 Å². The molecule has 0 saturated carbocycles. The summed E-state index contributed by atoms with van der Waals surface area (Å²) < 4.78 is 6.17. The van der Waals surface area contributed by atoms with Gasteiger partial charge in [-0.2, -0.15) is 0 Å². The van der Waals surface area contributed by atoms with Gasteiger partial charge in [0.05, 0.1) is 18.2 Å². The molecule has 0 aromatic heterocycles. The molecule has 1 aliphatic rings. The maximum Gasteiger partial charge on any atom is 0.331 e. The molecule has 1 aromatic carbocycles. The number of carboxylic acid groups (broad SMARTS) is 1. The molecule has 1 aliphatic carbocycles. The van der Waals surface area contributed by atoms with Gasteiger partial charge in [0.1, 0.15) is 0 Å². The molecule has 148 valence electrons. The predicted molar refractivity (Wildman–Crippen MR) is 104 cm³/mol. The Hall–Kier alpha value is -2.18. The molecule has 0 spiro atoms. The SMILES string of the molecule is CCC(CC)O[C@@H]1C=C(C(=O)O)C[C@H](NCc2ccccc2)[C@H]1NC(C)=O. The molecule has 2 rings (SSSR count). The Labute approximate surface area is 161 Å². The van der Waals surface area contributed by atoms with Gasteiger partial charge in [0.25, 0.3) is 0 Å². The van der Waals surface area contributed by atoms with Crippen LogP contribution in [0.2, 0.25) is 0 Å². The van der Waals surface area contributed by atoms with E-state index < -0.39 is 12.1 Å². The highest BCUT2D eigenvalue weighted by Crippen LogP contribution is 2.25. The first-order valence-corrected chi connectivity index (χ1v) is 9.58. The summed E-state index contributed by atoms with van der Waals surface area (Å²) in [7, 11) is 0. The Morgan fingerprint density at radius 1 is 1.22 bits per heavy atom. The summed E-state index contributed by atoms with van der Waals surface area (Å²) >= 11 is 0. The zero-order valence-electron chi connectivity index (χ0n) is 16.3. The average molecular weight is 374 g/mol. The second-order valence-electron chi connectivity index (χ2n) is 6.94. The number of carbonyl (C=O) groups excluding carboxylic acids is 1. The van der Waals surface area contributed by atoms with Crippen molar-refractivity contribution in [2.45, 2.75) is 70.9 Å². The fraction of sp³-hybridized carbons (Fsp3) is 0.524. The van der Waals surface area contributed by atoms with Crippen LogP contribution in [0.1, 0.15) is 45.6 Å². The second kappa shape index (κ2) is 10.2. The third-order valence-electron chi connectivity index (χ3n) is 4.91. The van der Waals surface area contributed by atoms with Crippen LogP contribution >= 0.6 is 0 Å². The standard InChI is InChI=1S/C21H30N2O4/c1-4-17(5-2)27-19-12-16(21(25)26)11-18(20(19)23-14(3)24)22-13-15-9-7-6-8-10-15/h6-10,12,17-20,22H,4-5,11,13H2,1-3H3,(H,23,24)(H,25,26)/t18-,19+,20+/m0/s1. The highest BCUT2D eigenvalue weighted by atomic mass is 16.5. The Kier molecular flexibility index (Phi) is 8.00. The first kappa shape index (κ1) is 21.1. The van der Waals surface area contributed by atoms with Crippen molar-refractivity contribution in [2.75, 3.05) is 0 Å². The van der Waals surface area contributed by atoms with Crippen molar-refractivity contribution in [3.8, 4) is 0 Å². The predicted octanol–water partition coefficient (Wildman–Crippen LogP) is 2.64. The molecule has 3 N–H and O–H groups in total. The summed E-state index contributed by atoms with van der Waals surface area (Å²) in [5, 5.41) is 15.9. The fourth-order valence-electron chi connectivity index (χ4n) is 3.41. The first-order chi connectivity index (χ1) is 12.9. The second-order valence-corrected chi connectivity index (χ2v) is 6.94. The van der Waals surface area contributed by atoms with Crippen molar-refractivity contribution in [3.05, 3.63) is 47.5 Å². The van der Waals surface area contributed by atoms with E-state index in [2.05, 4.69) is 10.6 Å². The van der Waals surface area contributed by atoms with Gasteiger partial charge in [0, 0.05) is 25.1 Å². The van der Waals surface area contributed by atoms with E-state index in [0.717, 1.165) is 18.4 Å². The summed E-state index contributed by atoms with van der Waals surface area (Å²) in [6, 6.07) is 9.34. The molecule has 27 heavy (non-hydrogen) atoms. The summed E-state index contributed by atoms with van der Waals surface area (Å²) in [5.41, 5.74) is 1.42. The Morgan fingerprint density at radius 3 is 2.44 bits per heavy atom. The molecule has 0 heterocycles. The zero-order chi connectivity index (χ0) is 19.8. The minimum atomic E-state index is -0.944. The van der Waals surface area contributed by atoms with E-state index in [1.807, 2.05) is 44.2 Å². The number of ether oxygens (including phenoxy) is 1. The average Bonchev–Trinajstić information content (AvgIpc) is 2.66. The third kappa shape index (κ3) is 6.19. The number of carbonyl (C=O) groups is 2. The Bertz CT molecular complexity index is 655. The molecule has 6 heteroatoms. The lowest BCUT2D eigenvalue weighted by Crippen LogP contribution is -2.58. The van der Waals surface area contributed by atoms with Crippen molar-refractivity contribution in [2.24, 2.45) is 0 Å². The molecule has 0 fully saturated rings. The number of hydrogen-bond acceptors (Lipinski definition) is 4. The van der Waals surface area contributed by atoms with Gasteiger partial charge >= 0.3 is 5.97 Å². The van der Waals surface area contributed by atoms with Gasteiger partial charge in [0.2, 0.25) is 5.91 Å². The van der Waals surface area contributed by atoms with Crippen LogP contribution in [0.3, 0.4) is 0 Å². The number of hydrogen-bond donors (Lipinski definition) is 3. The van der Waals surface area contributed by atoms with Crippen LogP contribution in [-0.2, 0) is 20.9 Å². The first-order valence-electron chi connectivity index (χ1n) is 9.58. The van der Waals surface area contributed by atoms with E-state index in [1.165, 1.54) is 6.92 Å². The van der Waals surface area contributed by atoms with E-state index in [-0.39, 0.29) is 24.1 Å². The number of carboxylic acids is 1. The molecule has 1 aromatic rings. The maximum absolute atomic E-state index is 11.8. The molecule has 0 unspecified atom stereocenters. The summed E-state index contributed by atoms with van der Waals surface area (Å²) in [6.45, 7) is 6.14. The van der Waals surface area contributed by atoms with Crippen molar-refractivity contribution in [3.63, 3.8) is 0 Å². The highest BCUT2D eigenvalue weighted by molar-refractivity contribution is 5.87. The number of rotatable bonds is 9. The topological polar surface area (TPSA) is 87.7 Å². The number of aliphatic carboxylic acids is 1. The van der Waals surface area contributed by atoms with E-state index in [0.29, 0.717) is 18.5 Å². The van der Waals surface area contributed by atoms with Crippen LogP contribution < -0.4 is 10.6 Å². The lowest BCUT2D eigenvalue weighted by molar-refractivity contribution is -0.133. The minimum absolute atomic E-state index is 0.0189. The summed E-state index contributed by atoms with van der Waals surface area (Å²) in [5.74, 6) is -1.10. The van der Waals surface area contributed by atoms with Crippen LogP contribution in [0.25, 0.3) is 0 Å². The molecule has 1 amide bonds. The molecule has 0 aliphatic heterocycles. The van der Waals surface area contributed by atoms with Crippen molar-refractivity contribution < 1.29 is 19.4 Å². The van der Waals surface area contributed by atoms with Gasteiger partial charge in [-0.1, -0.05) is 44.2 Å². The lowest BCUT2D eigenvalue weighted by Gasteiger charge is -2.38. The van der Waals surface area contributed by atoms with Crippen LogP contribution in [0.4, 0.5) is 0 Å². The van der Waals surface area contributed by atoms with Crippen LogP contribution in [0.5, 0.6) is 0 Å². The number of amides is 1. The molecular weight excluding hydrogens is 344 g/mol. The van der Waals surface area contributed by atoms with E-state index in [1.54, 1.807) is 6.08 Å². The van der Waals surface area contributed by atoms with Gasteiger partial charge in [0.15, 0.2) is 0 Å². The van der Waals surface area contributed by atoms with Crippen LogP contribution in [0.15, 0.2) is 42.0 Å². The van der Waals surface area contributed by atoms with E-state index in [9.17, 15) is 14.7 Å². The number of nitrogens with one attached hydrogen (secondary N) is 2. The lowest BCUT2D eigenvalue weighted by atomic mass is 9.87. The highest BCUT2D eigenvalue weighted by Gasteiger charge is 2.37. The van der Waals surface area contributed by atoms with Gasteiger partial charge < -0.3 is 20.5 Å². The largest absolute Gasteiger partial charge is 0.478 e. The van der Waals surface area contributed by atoms with Gasteiger partial charge in [-0.15, -0.1) is 0 Å². The third-order valence-corrected chi connectivity index (χ3v) is 4.91. The monoisotopic (exact) mass is 374 g/mol. The zero-order valence-corrected chi connectivity index (χ0v) is 16.3. The smallest absolute Gasteiger partial charge is 0.331 e. The molecular formula is C21H30N2O4. The fourth-order valence-corrected chi connectivity index (χ4v) is 3.41. The molecule has 0 bridgehead atoms. The molecule has 0 radical (unpaired) electrons. The van der Waals surface area contributed by atoms with Gasteiger partial charge in [-0.05, 0) is 30.9 Å².